The topological polar surface area (TPSA) is 85.1 Å². The van der Waals surface area contributed by atoms with Crippen molar-refractivity contribution in [1.82, 2.24) is 15.5 Å². The number of nitrogens with one attached hydrogen (secondary N) is 1. The third-order valence-electron chi connectivity index (χ3n) is 4.03. The molecule has 1 aromatic rings. The van der Waals surface area contributed by atoms with E-state index in [4.69, 9.17) is 4.52 Å². The minimum atomic E-state index is -2.85. The van der Waals surface area contributed by atoms with Gasteiger partial charge in [0.15, 0.2) is 15.7 Å². The highest BCUT2D eigenvalue weighted by molar-refractivity contribution is 7.99. The first kappa shape index (κ1) is 15.3. The van der Waals surface area contributed by atoms with Crippen LogP contribution in [0.3, 0.4) is 0 Å². The fourth-order valence-corrected chi connectivity index (χ4v) is 5.73. The second kappa shape index (κ2) is 6.66. The number of sulfone groups is 1. The molecule has 6 nitrogen and oxygen atoms in total. The lowest BCUT2D eigenvalue weighted by Crippen LogP contribution is -2.29. The SMILES string of the molecule is O=S1(=O)CCC(NCc2nc(CSC3CCCC3)no2)C1. The number of aromatic nitrogens is 2. The van der Waals surface area contributed by atoms with E-state index in [1.54, 1.807) is 0 Å². The Morgan fingerprint density at radius 2 is 2.10 bits per heavy atom. The van der Waals surface area contributed by atoms with Gasteiger partial charge in [0, 0.05) is 11.3 Å². The maximum atomic E-state index is 11.4. The quantitative estimate of drug-likeness (QED) is 0.846. The Labute approximate surface area is 129 Å². The number of hydrogen-bond acceptors (Lipinski definition) is 7. The first-order chi connectivity index (χ1) is 10.1. The van der Waals surface area contributed by atoms with Crippen LogP contribution in [-0.2, 0) is 22.1 Å². The Morgan fingerprint density at radius 1 is 1.29 bits per heavy atom. The molecule has 21 heavy (non-hydrogen) atoms. The minimum absolute atomic E-state index is 0.0122. The van der Waals surface area contributed by atoms with Crippen LogP contribution in [0.5, 0.6) is 0 Å². The van der Waals surface area contributed by atoms with Crippen molar-refractivity contribution in [2.24, 2.45) is 0 Å². The summed E-state index contributed by atoms with van der Waals surface area (Å²) in [7, 11) is -2.85. The summed E-state index contributed by atoms with van der Waals surface area (Å²) >= 11 is 1.91. The summed E-state index contributed by atoms with van der Waals surface area (Å²) in [6.07, 6.45) is 5.94. The van der Waals surface area contributed by atoms with E-state index in [9.17, 15) is 8.42 Å². The molecule has 8 heteroatoms. The van der Waals surface area contributed by atoms with Crippen LogP contribution in [0.15, 0.2) is 4.52 Å². The van der Waals surface area contributed by atoms with Gasteiger partial charge in [-0.3, -0.25) is 0 Å². The molecule has 1 aliphatic heterocycles. The minimum Gasteiger partial charge on any atom is -0.338 e. The van der Waals surface area contributed by atoms with Crippen molar-refractivity contribution in [3.63, 3.8) is 0 Å². The van der Waals surface area contributed by atoms with Gasteiger partial charge in [-0.2, -0.15) is 16.7 Å². The van der Waals surface area contributed by atoms with Gasteiger partial charge >= 0.3 is 0 Å². The lowest BCUT2D eigenvalue weighted by molar-refractivity contribution is 0.357. The molecule has 1 unspecified atom stereocenters. The Balaban J connectivity index is 1.42. The van der Waals surface area contributed by atoms with E-state index in [1.807, 2.05) is 11.8 Å². The molecule has 0 aromatic carbocycles. The van der Waals surface area contributed by atoms with Crippen molar-refractivity contribution in [2.45, 2.75) is 55.7 Å². The molecule has 1 saturated heterocycles. The van der Waals surface area contributed by atoms with E-state index in [1.165, 1.54) is 25.7 Å². The molecular formula is C13H21N3O3S2. The zero-order valence-corrected chi connectivity index (χ0v) is 13.6. The lowest BCUT2D eigenvalue weighted by Gasteiger charge is -2.07. The Morgan fingerprint density at radius 3 is 2.81 bits per heavy atom. The third kappa shape index (κ3) is 4.43. The molecule has 0 amide bonds. The molecule has 3 rings (SSSR count). The van der Waals surface area contributed by atoms with Crippen LogP contribution in [0.1, 0.15) is 43.8 Å². The van der Waals surface area contributed by atoms with Crippen LogP contribution in [0, 0.1) is 0 Å². The van der Waals surface area contributed by atoms with Gasteiger partial charge in [0.2, 0.25) is 5.89 Å². The standard InChI is InChI=1S/C13H21N3O3S2/c17-21(18)6-5-10(9-21)14-7-13-15-12(16-19-13)8-20-11-3-1-2-4-11/h10-11,14H,1-9H2. The average molecular weight is 331 g/mol. The second-order valence-electron chi connectivity index (χ2n) is 5.80. The van der Waals surface area contributed by atoms with Crippen LogP contribution in [0.2, 0.25) is 0 Å². The lowest BCUT2D eigenvalue weighted by atomic mass is 10.3. The summed E-state index contributed by atoms with van der Waals surface area (Å²) in [5.74, 6) is 2.57. The van der Waals surface area contributed by atoms with E-state index in [0.717, 1.165) is 16.8 Å². The van der Waals surface area contributed by atoms with Gasteiger partial charge in [0.25, 0.3) is 0 Å². The Bertz CT molecular complexity index is 567. The first-order valence-electron chi connectivity index (χ1n) is 7.47. The van der Waals surface area contributed by atoms with Crippen molar-refractivity contribution in [3.8, 4) is 0 Å². The molecule has 2 fully saturated rings. The van der Waals surface area contributed by atoms with Gasteiger partial charge in [-0.25, -0.2) is 8.42 Å². The molecule has 1 aromatic heterocycles. The van der Waals surface area contributed by atoms with Gasteiger partial charge in [0.1, 0.15) is 0 Å². The van der Waals surface area contributed by atoms with E-state index in [2.05, 4.69) is 15.5 Å². The molecule has 1 N–H and O–H groups in total. The van der Waals surface area contributed by atoms with Crippen LogP contribution < -0.4 is 5.32 Å². The zero-order chi connectivity index (χ0) is 14.7. The van der Waals surface area contributed by atoms with Gasteiger partial charge in [-0.05, 0) is 19.3 Å². The van der Waals surface area contributed by atoms with Crippen molar-refractivity contribution in [1.29, 1.82) is 0 Å². The van der Waals surface area contributed by atoms with Crippen molar-refractivity contribution in [3.05, 3.63) is 11.7 Å². The molecule has 2 heterocycles. The predicted octanol–water partition coefficient (Wildman–Crippen LogP) is 1.52. The van der Waals surface area contributed by atoms with Crippen LogP contribution in [0.4, 0.5) is 0 Å². The molecule has 1 atom stereocenters. The van der Waals surface area contributed by atoms with Gasteiger partial charge in [-0.15, -0.1) is 0 Å². The number of rotatable bonds is 6. The molecule has 118 valence electrons. The molecule has 0 bridgehead atoms. The zero-order valence-electron chi connectivity index (χ0n) is 12.0. The largest absolute Gasteiger partial charge is 0.338 e. The Kier molecular flexibility index (Phi) is 4.85. The second-order valence-corrected chi connectivity index (χ2v) is 9.32. The average Bonchev–Trinajstić information content (AvgIpc) is 3.14. The van der Waals surface area contributed by atoms with Gasteiger partial charge in [0.05, 0.1) is 23.8 Å². The van der Waals surface area contributed by atoms with Crippen LogP contribution in [0.25, 0.3) is 0 Å². The molecule has 0 spiro atoms. The number of nitrogens with zero attached hydrogens (tertiary/aromatic N) is 2. The van der Waals surface area contributed by atoms with Crippen molar-refractivity contribution >= 4 is 21.6 Å². The van der Waals surface area contributed by atoms with Crippen LogP contribution in [-0.4, -0.2) is 41.4 Å². The van der Waals surface area contributed by atoms with Gasteiger partial charge in [-0.1, -0.05) is 18.0 Å². The smallest absolute Gasteiger partial charge is 0.240 e. The maximum absolute atomic E-state index is 11.4. The molecule has 0 radical (unpaired) electrons. The molecule has 1 aliphatic carbocycles. The monoisotopic (exact) mass is 331 g/mol. The summed E-state index contributed by atoms with van der Waals surface area (Å²) < 4.78 is 28.0. The van der Waals surface area contributed by atoms with Crippen molar-refractivity contribution < 1.29 is 12.9 Å². The summed E-state index contributed by atoms with van der Waals surface area (Å²) in [5.41, 5.74) is 0. The van der Waals surface area contributed by atoms with Crippen LogP contribution >= 0.6 is 11.8 Å². The van der Waals surface area contributed by atoms with Crippen molar-refractivity contribution in [2.75, 3.05) is 11.5 Å². The molecular weight excluding hydrogens is 310 g/mol. The highest BCUT2D eigenvalue weighted by Crippen LogP contribution is 2.30. The predicted molar refractivity (Wildman–Crippen MR) is 81.7 cm³/mol. The normalized spacial score (nSPS) is 25.6. The number of thioether (sulfide) groups is 1. The Hall–Kier alpha value is -0.600. The molecule has 2 aliphatic rings. The fraction of sp³-hybridized carbons (Fsp3) is 0.846. The van der Waals surface area contributed by atoms with Gasteiger partial charge < -0.3 is 9.84 Å². The highest BCUT2D eigenvalue weighted by Gasteiger charge is 2.27. The maximum Gasteiger partial charge on any atom is 0.240 e. The highest BCUT2D eigenvalue weighted by atomic mass is 32.2. The third-order valence-corrected chi connectivity index (χ3v) is 7.17. The van der Waals surface area contributed by atoms with E-state index in [0.29, 0.717) is 18.9 Å². The molecule has 1 saturated carbocycles. The summed E-state index contributed by atoms with van der Waals surface area (Å²) in [4.78, 5) is 4.36. The summed E-state index contributed by atoms with van der Waals surface area (Å²) in [6, 6.07) is 0.0122. The summed E-state index contributed by atoms with van der Waals surface area (Å²) in [6.45, 7) is 0.446. The summed E-state index contributed by atoms with van der Waals surface area (Å²) in [5, 5.41) is 7.91. The van der Waals surface area contributed by atoms with E-state index in [-0.39, 0.29) is 17.5 Å². The number of hydrogen-bond donors (Lipinski definition) is 1. The first-order valence-corrected chi connectivity index (χ1v) is 10.3. The van der Waals surface area contributed by atoms with E-state index < -0.39 is 9.84 Å². The van der Waals surface area contributed by atoms with E-state index >= 15 is 0 Å². The fourth-order valence-electron chi connectivity index (χ4n) is 2.86.